The number of benzene rings is 2. The van der Waals surface area contributed by atoms with E-state index >= 15 is 0 Å². The second-order valence-electron chi connectivity index (χ2n) is 8.97. The minimum absolute atomic E-state index is 0.0825. The topological polar surface area (TPSA) is 49.5 Å². The quantitative estimate of drug-likeness (QED) is 0.277. The number of nitrogens with one attached hydrogen (secondary N) is 2. The van der Waals surface area contributed by atoms with Gasteiger partial charge in [-0.2, -0.15) is 13.2 Å². The van der Waals surface area contributed by atoms with E-state index in [9.17, 15) is 22.0 Å². The number of hydrogen-bond donors (Lipinski definition) is 2. The van der Waals surface area contributed by atoms with E-state index in [1.54, 1.807) is 6.92 Å². The molecule has 36 heavy (non-hydrogen) atoms. The number of nitrogens with zero attached hydrogens (tertiary/aromatic N) is 1. The van der Waals surface area contributed by atoms with Crippen LogP contribution in [0.25, 0.3) is 10.9 Å². The first-order valence-corrected chi connectivity index (χ1v) is 11.9. The molecule has 196 valence electrons. The molecule has 1 aliphatic rings. The maximum atomic E-state index is 14.8. The van der Waals surface area contributed by atoms with Crippen molar-refractivity contribution in [3.05, 3.63) is 59.0 Å². The number of ether oxygens (including phenoxy) is 2. The summed E-state index contributed by atoms with van der Waals surface area (Å²) in [4.78, 5) is 4.69. The molecule has 2 N–H and O–H groups in total. The largest absolute Gasteiger partial charge is 0.496 e. The van der Waals surface area contributed by atoms with Crippen molar-refractivity contribution in [1.29, 1.82) is 0 Å². The Bertz CT molecular complexity index is 1180. The Balaban J connectivity index is 1.76. The van der Waals surface area contributed by atoms with Gasteiger partial charge in [-0.05, 0) is 44.0 Å². The highest BCUT2D eigenvalue weighted by Gasteiger charge is 2.43. The molecule has 1 aromatic heterocycles. The number of hydrogen-bond acceptors (Lipinski definition) is 4. The average Bonchev–Trinajstić information content (AvgIpc) is 3.19. The Morgan fingerprint density at radius 3 is 2.64 bits per heavy atom. The third kappa shape index (κ3) is 5.59. The third-order valence-electron chi connectivity index (χ3n) is 6.48. The molecule has 2 atom stereocenters. The Morgan fingerprint density at radius 2 is 1.92 bits per heavy atom. The number of halogens is 5. The van der Waals surface area contributed by atoms with Gasteiger partial charge in [0.2, 0.25) is 0 Å². The predicted molar refractivity (Wildman–Crippen MR) is 128 cm³/mol. The Kier molecular flexibility index (Phi) is 8.04. The molecule has 3 aromatic rings. The molecule has 0 spiro atoms. The highest BCUT2D eigenvalue weighted by atomic mass is 19.4. The van der Waals surface area contributed by atoms with Crippen molar-refractivity contribution in [3.63, 3.8) is 0 Å². The highest BCUT2D eigenvalue weighted by Crippen LogP contribution is 2.45. The van der Waals surface area contributed by atoms with Gasteiger partial charge in [0.1, 0.15) is 12.4 Å². The van der Waals surface area contributed by atoms with Crippen molar-refractivity contribution in [2.24, 2.45) is 0 Å². The number of alkyl halides is 4. The lowest BCUT2D eigenvalue weighted by Gasteiger charge is -2.41. The number of para-hydroxylation sites is 1. The molecule has 0 fully saturated rings. The maximum Gasteiger partial charge on any atom is 0.401 e. The van der Waals surface area contributed by atoms with Crippen molar-refractivity contribution < 1.29 is 31.4 Å². The van der Waals surface area contributed by atoms with Crippen LogP contribution in [0.1, 0.15) is 36.2 Å². The van der Waals surface area contributed by atoms with Crippen LogP contribution in [0.2, 0.25) is 0 Å². The van der Waals surface area contributed by atoms with Gasteiger partial charge in [0.25, 0.3) is 0 Å². The molecule has 0 bridgehead atoms. The van der Waals surface area contributed by atoms with E-state index in [1.165, 1.54) is 18.1 Å². The Morgan fingerprint density at radius 1 is 1.14 bits per heavy atom. The van der Waals surface area contributed by atoms with Crippen molar-refractivity contribution in [2.45, 2.75) is 38.0 Å². The van der Waals surface area contributed by atoms with Gasteiger partial charge in [-0.15, -0.1) is 0 Å². The minimum Gasteiger partial charge on any atom is -0.496 e. The van der Waals surface area contributed by atoms with Gasteiger partial charge in [-0.3, -0.25) is 9.29 Å². The van der Waals surface area contributed by atoms with Gasteiger partial charge in [-0.1, -0.05) is 18.2 Å². The van der Waals surface area contributed by atoms with Gasteiger partial charge in [-0.25, -0.2) is 4.39 Å². The van der Waals surface area contributed by atoms with Crippen LogP contribution in [-0.4, -0.2) is 62.1 Å². The van der Waals surface area contributed by atoms with E-state index < -0.39 is 37.3 Å². The summed E-state index contributed by atoms with van der Waals surface area (Å²) in [6.07, 6.45) is -3.64. The van der Waals surface area contributed by atoms with E-state index in [1.807, 2.05) is 24.3 Å². The number of H-pyrrole nitrogens is 1. The molecule has 0 saturated heterocycles. The zero-order valence-corrected chi connectivity index (χ0v) is 20.2. The van der Waals surface area contributed by atoms with Crippen LogP contribution in [0.3, 0.4) is 0 Å². The third-order valence-corrected chi connectivity index (χ3v) is 6.48. The van der Waals surface area contributed by atoms with Crippen LogP contribution < -0.4 is 14.8 Å². The lowest BCUT2D eigenvalue weighted by molar-refractivity contribution is -0.155. The number of aromatic amines is 1. The first kappa shape index (κ1) is 26.2. The molecular formula is C26H30F5N3O2. The predicted octanol–water partition coefficient (Wildman–Crippen LogP) is 5.54. The number of aromatic nitrogens is 1. The molecule has 0 radical (unpaired) electrons. The van der Waals surface area contributed by atoms with Crippen molar-refractivity contribution in [1.82, 2.24) is 15.2 Å². The molecule has 1 unspecified atom stereocenters. The molecule has 0 aliphatic carbocycles. The van der Waals surface area contributed by atoms with E-state index in [0.717, 1.165) is 22.5 Å². The zero-order valence-electron chi connectivity index (χ0n) is 20.2. The lowest BCUT2D eigenvalue weighted by Crippen LogP contribution is -2.47. The molecule has 2 heterocycles. The molecule has 1 aliphatic heterocycles. The van der Waals surface area contributed by atoms with Gasteiger partial charge in [0, 0.05) is 40.8 Å². The van der Waals surface area contributed by atoms with Gasteiger partial charge in [0.05, 0.1) is 26.4 Å². The smallest absolute Gasteiger partial charge is 0.401 e. The molecule has 5 nitrogen and oxygen atoms in total. The first-order chi connectivity index (χ1) is 17.2. The fourth-order valence-corrected chi connectivity index (χ4v) is 4.90. The Hall–Kier alpha value is -2.85. The summed E-state index contributed by atoms with van der Waals surface area (Å²) in [7, 11) is 1.36. The fraction of sp³-hybridized carbons (Fsp3) is 0.462. The van der Waals surface area contributed by atoms with E-state index in [-0.39, 0.29) is 18.1 Å². The lowest BCUT2D eigenvalue weighted by atomic mass is 9.88. The summed E-state index contributed by atoms with van der Waals surface area (Å²) in [6, 6.07) is 8.86. The van der Waals surface area contributed by atoms with Crippen LogP contribution in [0.5, 0.6) is 11.5 Å². The van der Waals surface area contributed by atoms with Gasteiger partial charge in [0.15, 0.2) is 11.6 Å². The summed E-state index contributed by atoms with van der Waals surface area (Å²) in [6.45, 7) is 1.14. The number of methoxy groups -OCH3 is 1. The van der Waals surface area contributed by atoms with Crippen LogP contribution >= 0.6 is 0 Å². The molecular weight excluding hydrogens is 481 g/mol. The molecule has 10 heteroatoms. The first-order valence-electron chi connectivity index (χ1n) is 11.9. The summed E-state index contributed by atoms with van der Waals surface area (Å²) >= 11 is 0. The van der Waals surface area contributed by atoms with Crippen LogP contribution in [0.4, 0.5) is 22.0 Å². The molecule has 4 rings (SSSR count). The minimum atomic E-state index is -4.44. The Labute approximate surface area is 206 Å². The van der Waals surface area contributed by atoms with Crippen molar-refractivity contribution in [2.75, 3.05) is 40.0 Å². The molecule has 2 aromatic carbocycles. The van der Waals surface area contributed by atoms with E-state index in [2.05, 4.69) is 10.3 Å². The van der Waals surface area contributed by atoms with Gasteiger partial charge < -0.3 is 19.8 Å². The summed E-state index contributed by atoms with van der Waals surface area (Å²) in [5.74, 6) is -0.625. The maximum absolute atomic E-state index is 14.8. The highest BCUT2D eigenvalue weighted by molar-refractivity contribution is 5.85. The molecule has 0 saturated carbocycles. The van der Waals surface area contributed by atoms with Crippen molar-refractivity contribution >= 4 is 10.9 Å². The van der Waals surface area contributed by atoms with Crippen LogP contribution in [0.15, 0.2) is 36.4 Å². The number of fused-ring (bicyclic) bond motifs is 3. The van der Waals surface area contributed by atoms with Crippen LogP contribution in [-0.2, 0) is 6.42 Å². The summed E-state index contributed by atoms with van der Waals surface area (Å²) in [5.41, 5.74) is 2.77. The standard InChI is InChI=1S/C26H30F5N3O2/c1-16-12-18-17-6-3-4-7-21(17)33-24(18)25(34(16)15-26(29,30)31)19-13-23(20(28)14-22(19)35-2)36-11-10-32-9-5-8-27/h3-4,6-7,13-14,16,25,32-33H,5,8-12,15H2,1-2H3/t16-,25?/m1/s1. The SMILES string of the molecule is COc1cc(F)c(OCCNCCCF)cc1C1c2[nH]c3ccccc3c2C[C@@H](C)N1CC(F)(F)F. The fourth-order valence-electron chi connectivity index (χ4n) is 4.90. The van der Waals surface area contributed by atoms with Gasteiger partial charge >= 0.3 is 6.18 Å². The van der Waals surface area contributed by atoms with E-state index in [0.29, 0.717) is 37.2 Å². The van der Waals surface area contributed by atoms with E-state index in [4.69, 9.17) is 9.47 Å². The normalized spacial score (nSPS) is 18.4. The summed E-state index contributed by atoms with van der Waals surface area (Å²) in [5, 5.41) is 3.94. The second-order valence-corrected chi connectivity index (χ2v) is 8.97. The second kappa shape index (κ2) is 11.0. The monoisotopic (exact) mass is 511 g/mol. The average molecular weight is 512 g/mol. The van der Waals surface area contributed by atoms with Crippen LogP contribution in [0, 0.1) is 5.82 Å². The summed E-state index contributed by atoms with van der Waals surface area (Å²) < 4.78 is 79.3. The zero-order chi connectivity index (χ0) is 25.9. The molecule has 0 amide bonds. The van der Waals surface area contributed by atoms with Crippen molar-refractivity contribution in [3.8, 4) is 11.5 Å². The number of rotatable bonds is 10.